The van der Waals surface area contributed by atoms with Crippen molar-refractivity contribution < 1.29 is 19.1 Å². The van der Waals surface area contributed by atoms with Gasteiger partial charge in [-0.25, -0.2) is 4.79 Å². The van der Waals surface area contributed by atoms with E-state index < -0.39 is 5.41 Å². The van der Waals surface area contributed by atoms with Crippen LogP contribution in [-0.2, 0) is 16.1 Å². The lowest BCUT2D eigenvalue weighted by Crippen LogP contribution is -2.22. The second kappa shape index (κ2) is 9.78. The Hall–Kier alpha value is -3.45. The Bertz CT molecular complexity index is 1280. The molecule has 0 bridgehead atoms. The number of hydrogen-bond acceptors (Lipinski definition) is 6. The lowest BCUT2D eigenvalue weighted by molar-refractivity contribution is -0.119. The number of carbonyl (C=O) groups is 2. The summed E-state index contributed by atoms with van der Waals surface area (Å²) in [7, 11) is 1.35. The maximum absolute atomic E-state index is 12.2. The molecule has 3 rings (SSSR count). The van der Waals surface area contributed by atoms with Crippen molar-refractivity contribution in [3.05, 3.63) is 84.8 Å². The van der Waals surface area contributed by atoms with Crippen molar-refractivity contribution in [1.29, 1.82) is 0 Å². The van der Waals surface area contributed by atoms with E-state index in [4.69, 9.17) is 4.74 Å². The smallest absolute Gasteiger partial charge is 0.337 e. The Kier molecular flexibility index (Phi) is 7.10. The molecule has 0 fully saturated rings. The van der Waals surface area contributed by atoms with Gasteiger partial charge in [0.2, 0.25) is 0 Å². The van der Waals surface area contributed by atoms with Crippen LogP contribution in [0.4, 0.5) is 0 Å². The quantitative estimate of drug-likeness (QED) is 0.583. The predicted molar refractivity (Wildman–Crippen MR) is 125 cm³/mol. The number of benzene rings is 2. The van der Waals surface area contributed by atoms with E-state index in [-0.39, 0.29) is 17.3 Å². The Labute approximate surface area is 189 Å². The van der Waals surface area contributed by atoms with Gasteiger partial charge >= 0.3 is 5.97 Å². The zero-order valence-electron chi connectivity index (χ0n) is 18.4. The van der Waals surface area contributed by atoms with Crippen molar-refractivity contribution in [2.24, 2.45) is 5.41 Å². The summed E-state index contributed by atoms with van der Waals surface area (Å²) in [6.07, 6.45) is 3.26. The van der Waals surface area contributed by atoms with Gasteiger partial charge in [-0.1, -0.05) is 45.0 Å². The molecule has 0 radical (unpaired) electrons. The van der Waals surface area contributed by atoms with Gasteiger partial charge in [0.1, 0.15) is 12.4 Å². The Balaban J connectivity index is 1.69. The van der Waals surface area contributed by atoms with Crippen LogP contribution in [0, 0.1) is 5.41 Å². The Morgan fingerprint density at radius 2 is 1.69 bits per heavy atom. The molecule has 32 heavy (non-hydrogen) atoms. The molecule has 0 unspecified atom stereocenters. The average Bonchev–Trinajstić information content (AvgIpc) is 3.10. The van der Waals surface area contributed by atoms with E-state index in [2.05, 4.69) is 9.72 Å². The number of nitrogens with one attached hydrogen (secondary N) is 1. The molecule has 0 amide bonds. The molecule has 6 nitrogen and oxygen atoms in total. The summed E-state index contributed by atoms with van der Waals surface area (Å²) < 4.78 is 11.5. The van der Waals surface area contributed by atoms with Gasteiger partial charge in [-0.3, -0.25) is 9.59 Å². The lowest BCUT2D eigenvalue weighted by atomic mass is 9.91. The molecule has 2 aromatic carbocycles. The number of ketones is 1. The molecule has 3 aromatic rings. The molecule has 0 spiro atoms. The summed E-state index contributed by atoms with van der Waals surface area (Å²) in [5, 5.41) is 0. The number of aromatic nitrogens is 1. The van der Waals surface area contributed by atoms with Gasteiger partial charge in [-0.15, -0.1) is 11.3 Å². The van der Waals surface area contributed by atoms with Crippen molar-refractivity contribution in [3.63, 3.8) is 0 Å². The van der Waals surface area contributed by atoms with Crippen molar-refractivity contribution in [3.8, 4) is 5.75 Å². The third-order valence-corrected chi connectivity index (χ3v) is 5.60. The monoisotopic (exact) mass is 451 g/mol. The fourth-order valence-corrected chi connectivity index (χ4v) is 3.58. The zero-order valence-corrected chi connectivity index (χ0v) is 19.2. The fourth-order valence-electron chi connectivity index (χ4n) is 2.69. The molecule has 7 heteroatoms. The van der Waals surface area contributed by atoms with Crippen LogP contribution in [0.5, 0.6) is 5.75 Å². The maximum atomic E-state index is 12.2. The van der Waals surface area contributed by atoms with Gasteiger partial charge < -0.3 is 14.5 Å². The van der Waals surface area contributed by atoms with Crippen LogP contribution in [0.15, 0.2) is 53.3 Å². The number of carbonyl (C=O) groups excluding carboxylic acids is 2. The highest BCUT2D eigenvalue weighted by molar-refractivity contribution is 7.07. The Morgan fingerprint density at radius 3 is 2.28 bits per heavy atom. The zero-order chi connectivity index (χ0) is 23.3. The maximum Gasteiger partial charge on any atom is 0.337 e. The van der Waals surface area contributed by atoms with E-state index in [1.807, 2.05) is 57.2 Å². The number of hydrogen-bond donors (Lipinski definition) is 1. The predicted octanol–water partition coefficient (Wildman–Crippen LogP) is 3.03. The van der Waals surface area contributed by atoms with Gasteiger partial charge in [0.25, 0.3) is 5.56 Å². The molecule has 166 valence electrons. The van der Waals surface area contributed by atoms with E-state index in [0.29, 0.717) is 27.1 Å². The first-order valence-corrected chi connectivity index (χ1v) is 10.8. The summed E-state index contributed by atoms with van der Waals surface area (Å²) in [6.45, 7) is 5.87. The lowest BCUT2D eigenvalue weighted by Gasteiger charge is -2.12. The van der Waals surface area contributed by atoms with E-state index in [1.165, 1.54) is 24.5 Å². The molecule has 0 atom stereocenters. The van der Waals surface area contributed by atoms with Crippen LogP contribution in [0.25, 0.3) is 12.2 Å². The highest BCUT2D eigenvalue weighted by atomic mass is 32.1. The average molecular weight is 452 g/mol. The summed E-state index contributed by atoms with van der Waals surface area (Å²) in [4.78, 5) is 38.6. The van der Waals surface area contributed by atoms with Gasteiger partial charge in [0.15, 0.2) is 5.78 Å². The first-order chi connectivity index (χ1) is 15.2. The second-order valence-electron chi connectivity index (χ2n) is 8.23. The van der Waals surface area contributed by atoms with Gasteiger partial charge in [0.05, 0.1) is 21.9 Å². The number of Topliss-reactive ketones (excluding diaryl/α,β-unsaturated/α-hetero) is 1. The minimum Gasteiger partial charge on any atom is -0.489 e. The van der Waals surface area contributed by atoms with Crippen molar-refractivity contribution in [2.45, 2.75) is 27.4 Å². The minimum atomic E-state index is -0.496. The third kappa shape index (κ3) is 6.04. The summed E-state index contributed by atoms with van der Waals surface area (Å²) in [5.41, 5.74) is 1.54. The topological polar surface area (TPSA) is 85.5 Å². The SMILES string of the molecule is COC(=O)c1ccc(COc2ccc(/C=c3\s/c(=C\C(=O)C(C)(C)C)[nH]c3=O)cc2)cc1. The van der Waals surface area contributed by atoms with E-state index in [9.17, 15) is 14.4 Å². The van der Waals surface area contributed by atoms with Crippen molar-refractivity contribution >= 4 is 35.2 Å². The van der Waals surface area contributed by atoms with Crippen LogP contribution in [-0.4, -0.2) is 23.8 Å². The molecular weight excluding hydrogens is 426 g/mol. The summed E-state index contributed by atoms with van der Waals surface area (Å²) in [5.74, 6) is 0.270. The van der Waals surface area contributed by atoms with E-state index >= 15 is 0 Å². The molecule has 0 aliphatic carbocycles. The van der Waals surface area contributed by atoms with Crippen molar-refractivity contribution in [2.75, 3.05) is 7.11 Å². The van der Waals surface area contributed by atoms with Crippen LogP contribution < -0.4 is 19.5 Å². The second-order valence-corrected chi connectivity index (χ2v) is 9.32. The molecule has 1 N–H and O–H groups in total. The highest BCUT2D eigenvalue weighted by Gasteiger charge is 2.18. The molecule has 0 aliphatic heterocycles. The van der Waals surface area contributed by atoms with Crippen LogP contribution in [0.3, 0.4) is 0 Å². The van der Waals surface area contributed by atoms with Gasteiger partial charge in [0, 0.05) is 11.5 Å². The van der Waals surface area contributed by atoms with E-state index in [0.717, 1.165) is 11.1 Å². The summed E-state index contributed by atoms with van der Waals surface area (Å²) in [6, 6.07) is 14.4. The number of thiazole rings is 1. The number of ether oxygens (including phenoxy) is 2. The number of esters is 1. The number of rotatable bonds is 6. The number of aromatic amines is 1. The molecule has 1 heterocycles. The standard InChI is InChI=1S/C25H25NO5S/c1-25(2,3)21(27)14-22-26-23(28)20(32-22)13-16-7-11-19(12-8-16)31-15-17-5-9-18(10-6-17)24(29)30-4/h5-14H,15H2,1-4H3,(H,26,28)/b20-13-,22-14-. The van der Waals surface area contributed by atoms with Crippen LogP contribution >= 0.6 is 11.3 Å². The normalized spacial score (nSPS) is 12.6. The first-order valence-electron chi connectivity index (χ1n) is 10.0. The summed E-state index contributed by atoms with van der Waals surface area (Å²) >= 11 is 1.25. The molecule has 0 saturated carbocycles. The van der Waals surface area contributed by atoms with Crippen LogP contribution in [0.2, 0.25) is 0 Å². The molecule has 0 saturated heterocycles. The molecule has 0 aliphatic rings. The molecular formula is C25H25NO5S. The number of methoxy groups -OCH3 is 1. The first kappa shape index (κ1) is 23.2. The third-order valence-electron chi connectivity index (χ3n) is 4.64. The Morgan fingerprint density at radius 1 is 1.03 bits per heavy atom. The van der Waals surface area contributed by atoms with Crippen molar-refractivity contribution in [1.82, 2.24) is 4.98 Å². The van der Waals surface area contributed by atoms with Gasteiger partial charge in [-0.2, -0.15) is 0 Å². The van der Waals surface area contributed by atoms with E-state index in [1.54, 1.807) is 18.2 Å². The molecule has 1 aromatic heterocycles. The highest BCUT2D eigenvalue weighted by Crippen LogP contribution is 2.16. The largest absolute Gasteiger partial charge is 0.489 e. The fraction of sp³-hybridized carbons (Fsp3) is 0.240. The minimum absolute atomic E-state index is 0.0389. The van der Waals surface area contributed by atoms with Gasteiger partial charge in [-0.05, 0) is 41.5 Å². The van der Waals surface area contributed by atoms with Crippen LogP contribution in [0.1, 0.15) is 42.3 Å². The number of H-pyrrole nitrogens is 1.